The smallest absolute Gasteiger partial charge is 0.266 e. The van der Waals surface area contributed by atoms with Crippen LogP contribution in [0.1, 0.15) is 24.2 Å². The summed E-state index contributed by atoms with van der Waals surface area (Å²) in [6, 6.07) is 16.0. The first-order valence-electron chi connectivity index (χ1n) is 10.8. The number of hydrogen-bond donors (Lipinski definition) is 1. The summed E-state index contributed by atoms with van der Waals surface area (Å²) >= 11 is 0.978. The molecule has 0 fully saturated rings. The van der Waals surface area contributed by atoms with Gasteiger partial charge in [-0.05, 0) is 48.5 Å². The Morgan fingerprint density at radius 2 is 1.74 bits per heavy atom. The van der Waals surface area contributed by atoms with Crippen LogP contribution >= 0.6 is 11.8 Å². The van der Waals surface area contributed by atoms with Gasteiger partial charge in [0.15, 0.2) is 10.9 Å². The Morgan fingerprint density at radius 1 is 1.03 bits per heavy atom. The number of rotatable bonds is 7. The molecule has 0 atom stereocenters. The van der Waals surface area contributed by atoms with Crippen LogP contribution < -0.4 is 10.9 Å². The summed E-state index contributed by atoms with van der Waals surface area (Å²) in [5.41, 5.74) is 0.694. The van der Waals surface area contributed by atoms with Gasteiger partial charge in [0, 0.05) is 23.2 Å². The molecule has 35 heavy (non-hydrogen) atoms. The van der Waals surface area contributed by atoms with Crippen LogP contribution in [0.25, 0.3) is 16.6 Å². The summed E-state index contributed by atoms with van der Waals surface area (Å²) < 4.78 is 29.1. The van der Waals surface area contributed by atoms with E-state index in [4.69, 9.17) is 0 Å². The summed E-state index contributed by atoms with van der Waals surface area (Å²) in [4.78, 5) is 42.3. The quantitative estimate of drug-likeness (QED) is 0.217. The van der Waals surface area contributed by atoms with E-state index >= 15 is 0 Å². The normalized spacial score (nSPS) is 11.1. The number of benzene rings is 3. The highest BCUT2D eigenvalue weighted by atomic mass is 32.2. The molecule has 0 aliphatic heterocycles. The van der Waals surface area contributed by atoms with Crippen molar-refractivity contribution in [2.45, 2.75) is 19.0 Å². The lowest BCUT2D eigenvalue weighted by molar-refractivity contribution is -0.118. The van der Waals surface area contributed by atoms with E-state index < -0.39 is 17.2 Å². The van der Waals surface area contributed by atoms with Crippen molar-refractivity contribution in [3.8, 4) is 5.69 Å². The van der Waals surface area contributed by atoms with E-state index in [9.17, 15) is 23.2 Å². The molecule has 4 aromatic rings. The van der Waals surface area contributed by atoms with Crippen molar-refractivity contribution in [1.29, 1.82) is 0 Å². The molecule has 6 nitrogen and oxygen atoms in total. The van der Waals surface area contributed by atoms with Gasteiger partial charge >= 0.3 is 0 Å². The molecule has 0 unspecified atom stereocenters. The Kier molecular flexibility index (Phi) is 7.07. The maximum atomic E-state index is 14.6. The van der Waals surface area contributed by atoms with Gasteiger partial charge in [0.1, 0.15) is 11.6 Å². The molecule has 9 heteroatoms. The minimum atomic E-state index is -0.920. The van der Waals surface area contributed by atoms with Crippen LogP contribution in [0.3, 0.4) is 0 Å². The lowest BCUT2D eigenvalue weighted by Gasteiger charge is -2.14. The lowest BCUT2D eigenvalue weighted by atomic mass is 10.1. The van der Waals surface area contributed by atoms with Gasteiger partial charge in [-0.3, -0.25) is 19.0 Å². The molecule has 0 aliphatic rings. The Morgan fingerprint density at radius 3 is 2.43 bits per heavy atom. The molecule has 0 radical (unpaired) electrons. The monoisotopic (exact) mass is 493 g/mol. The van der Waals surface area contributed by atoms with Gasteiger partial charge in [-0.15, -0.1) is 0 Å². The molecule has 4 rings (SSSR count). The molecule has 1 amide bonds. The SMILES string of the molecule is CC(C)C(=O)Nc1ccc(C(=O)CSc2nc3ccccc3c(=O)n2-c2ccc(F)cc2F)cc1. The number of Topliss-reactive ketones (excluding diaryl/α,β-unsaturated/α-hetero) is 1. The van der Waals surface area contributed by atoms with E-state index in [0.717, 1.165) is 22.4 Å². The molecule has 0 saturated heterocycles. The third kappa shape index (κ3) is 5.30. The summed E-state index contributed by atoms with van der Waals surface area (Å²) in [6.07, 6.45) is 0. The maximum Gasteiger partial charge on any atom is 0.266 e. The van der Waals surface area contributed by atoms with Gasteiger partial charge in [0.25, 0.3) is 5.56 Å². The first-order chi connectivity index (χ1) is 16.7. The molecular formula is C26H21F2N3O3S. The minimum Gasteiger partial charge on any atom is -0.326 e. The third-order valence-electron chi connectivity index (χ3n) is 5.23. The number of carbonyl (C=O) groups excluding carboxylic acids is 2. The summed E-state index contributed by atoms with van der Waals surface area (Å²) in [5, 5.41) is 3.13. The fourth-order valence-electron chi connectivity index (χ4n) is 3.32. The topological polar surface area (TPSA) is 81.1 Å². The molecule has 1 aromatic heterocycles. The number of hydrogen-bond acceptors (Lipinski definition) is 5. The largest absolute Gasteiger partial charge is 0.326 e. The maximum absolute atomic E-state index is 14.6. The van der Waals surface area contributed by atoms with Crippen molar-refractivity contribution >= 4 is 40.0 Å². The number of anilines is 1. The Bertz CT molecular complexity index is 1480. The van der Waals surface area contributed by atoms with Crippen LogP contribution in [0, 0.1) is 17.6 Å². The molecule has 1 N–H and O–H groups in total. The van der Waals surface area contributed by atoms with E-state index in [0.29, 0.717) is 22.8 Å². The van der Waals surface area contributed by atoms with E-state index in [2.05, 4.69) is 10.3 Å². The highest BCUT2D eigenvalue weighted by Gasteiger charge is 2.18. The fraction of sp³-hybridized carbons (Fsp3) is 0.154. The average molecular weight is 494 g/mol. The van der Waals surface area contributed by atoms with Crippen LogP contribution in [0.4, 0.5) is 14.5 Å². The minimum absolute atomic E-state index is 0.0781. The zero-order chi connectivity index (χ0) is 25.1. The van der Waals surface area contributed by atoms with Crippen LogP contribution in [0.2, 0.25) is 0 Å². The number of ketones is 1. The molecule has 0 saturated carbocycles. The second kappa shape index (κ2) is 10.2. The molecule has 1 heterocycles. The van der Waals surface area contributed by atoms with Crippen LogP contribution in [-0.2, 0) is 4.79 Å². The molecular weight excluding hydrogens is 472 g/mol. The predicted octanol–water partition coefficient (Wildman–Crippen LogP) is 5.23. The van der Waals surface area contributed by atoms with Gasteiger partial charge in [-0.25, -0.2) is 13.8 Å². The molecule has 0 bridgehead atoms. The van der Waals surface area contributed by atoms with E-state index in [1.807, 2.05) is 0 Å². The molecule has 178 valence electrons. The van der Waals surface area contributed by atoms with Crippen molar-refractivity contribution in [2.75, 3.05) is 11.1 Å². The number of fused-ring (bicyclic) bond motifs is 1. The van der Waals surface area contributed by atoms with E-state index in [1.54, 1.807) is 62.4 Å². The van der Waals surface area contributed by atoms with Crippen LogP contribution in [-0.4, -0.2) is 27.0 Å². The first kappa shape index (κ1) is 24.3. The van der Waals surface area contributed by atoms with Crippen molar-refractivity contribution < 1.29 is 18.4 Å². The van der Waals surface area contributed by atoms with Gasteiger partial charge in [-0.2, -0.15) is 0 Å². The fourth-order valence-corrected chi connectivity index (χ4v) is 4.22. The average Bonchev–Trinajstić information content (AvgIpc) is 2.84. The highest BCUT2D eigenvalue weighted by Crippen LogP contribution is 2.24. The number of nitrogens with one attached hydrogen (secondary N) is 1. The molecule has 0 aliphatic carbocycles. The number of carbonyl (C=O) groups is 2. The van der Waals surface area contributed by atoms with Crippen molar-refractivity contribution in [1.82, 2.24) is 9.55 Å². The number of halogens is 2. The number of para-hydroxylation sites is 1. The number of aromatic nitrogens is 2. The van der Waals surface area contributed by atoms with Crippen LogP contribution in [0.15, 0.2) is 76.7 Å². The number of thioether (sulfide) groups is 1. The summed E-state index contributed by atoms with van der Waals surface area (Å²) in [7, 11) is 0. The lowest BCUT2D eigenvalue weighted by Crippen LogP contribution is -2.23. The van der Waals surface area contributed by atoms with Gasteiger partial charge in [0.2, 0.25) is 5.91 Å². The zero-order valence-electron chi connectivity index (χ0n) is 18.9. The van der Waals surface area contributed by atoms with Crippen molar-refractivity contribution in [3.63, 3.8) is 0 Å². The van der Waals surface area contributed by atoms with E-state index in [-0.39, 0.29) is 39.6 Å². The predicted molar refractivity (Wildman–Crippen MR) is 132 cm³/mol. The number of amides is 1. The van der Waals surface area contributed by atoms with Crippen molar-refractivity contribution in [2.24, 2.45) is 5.92 Å². The number of nitrogens with zero attached hydrogens (tertiary/aromatic N) is 2. The second-order valence-corrected chi connectivity index (χ2v) is 9.02. The zero-order valence-corrected chi connectivity index (χ0v) is 19.7. The Hall–Kier alpha value is -3.85. The summed E-state index contributed by atoms with van der Waals surface area (Å²) in [6.45, 7) is 3.56. The van der Waals surface area contributed by atoms with Gasteiger partial charge < -0.3 is 5.32 Å². The summed E-state index contributed by atoms with van der Waals surface area (Å²) in [5.74, 6) is -2.32. The third-order valence-corrected chi connectivity index (χ3v) is 6.17. The van der Waals surface area contributed by atoms with Crippen LogP contribution in [0.5, 0.6) is 0 Å². The first-order valence-corrected chi connectivity index (χ1v) is 11.8. The highest BCUT2D eigenvalue weighted by molar-refractivity contribution is 7.99. The van der Waals surface area contributed by atoms with E-state index in [1.165, 1.54) is 6.07 Å². The Balaban J connectivity index is 1.63. The second-order valence-electron chi connectivity index (χ2n) is 8.08. The van der Waals surface area contributed by atoms with Gasteiger partial charge in [0.05, 0.1) is 22.3 Å². The standard InChI is InChI=1S/C26H21F2N3O3S/c1-15(2)24(33)29-18-10-7-16(8-11-18)23(32)14-35-26-30-21-6-4-3-5-19(21)25(34)31(26)22-12-9-17(27)13-20(22)28/h3-13,15H,14H2,1-2H3,(H,29,33). The van der Waals surface area contributed by atoms with Crippen molar-refractivity contribution in [3.05, 3.63) is 94.3 Å². The molecule has 3 aromatic carbocycles. The molecule has 0 spiro atoms. The Labute approximate surface area is 204 Å². The van der Waals surface area contributed by atoms with Gasteiger partial charge in [-0.1, -0.05) is 37.7 Å².